The van der Waals surface area contributed by atoms with Gasteiger partial charge in [0.1, 0.15) is 18.2 Å². The molecule has 1 aliphatic heterocycles. The van der Waals surface area contributed by atoms with Gasteiger partial charge in [0.2, 0.25) is 0 Å². The molecule has 2 aromatic rings. The predicted octanol–water partition coefficient (Wildman–Crippen LogP) is 3.85. The fourth-order valence-corrected chi connectivity index (χ4v) is 2.94. The summed E-state index contributed by atoms with van der Waals surface area (Å²) in [7, 11) is 0. The molecule has 5 nitrogen and oxygen atoms in total. The molecule has 27 heavy (non-hydrogen) atoms. The summed E-state index contributed by atoms with van der Waals surface area (Å²) in [4.78, 5) is 14.1. The van der Waals surface area contributed by atoms with Gasteiger partial charge in [-0.3, -0.25) is 0 Å². The Morgan fingerprint density at radius 2 is 2.07 bits per heavy atom. The molecule has 2 aromatic carbocycles. The Bertz CT molecular complexity index is 795. The van der Waals surface area contributed by atoms with E-state index in [0.717, 1.165) is 16.9 Å². The van der Waals surface area contributed by atoms with E-state index in [1.54, 1.807) is 23.1 Å². The fraction of sp³-hybridized carbons (Fsp3) is 0.381. The van der Waals surface area contributed by atoms with Gasteiger partial charge >= 0.3 is 6.03 Å². The first kappa shape index (κ1) is 19.2. The van der Waals surface area contributed by atoms with E-state index in [1.165, 1.54) is 6.07 Å². The molecule has 0 fully saturated rings. The van der Waals surface area contributed by atoms with Gasteiger partial charge in [-0.2, -0.15) is 0 Å². The fourth-order valence-electron chi connectivity index (χ4n) is 2.94. The number of carbonyl (C=O) groups is 1. The van der Waals surface area contributed by atoms with Gasteiger partial charge in [-0.15, -0.1) is 0 Å². The first-order valence-electron chi connectivity index (χ1n) is 9.14. The average molecular weight is 372 g/mol. The molecule has 1 aliphatic rings. The second-order valence-corrected chi connectivity index (χ2v) is 6.90. The van der Waals surface area contributed by atoms with Gasteiger partial charge in [0.15, 0.2) is 0 Å². The molecule has 0 unspecified atom stereocenters. The highest BCUT2D eigenvalue weighted by molar-refractivity contribution is 5.74. The molecule has 0 saturated carbocycles. The van der Waals surface area contributed by atoms with Crippen molar-refractivity contribution < 1.29 is 18.7 Å². The van der Waals surface area contributed by atoms with Crippen LogP contribution in [0.2, 0.25) is 0 Å². The van der Waals surface area contributed by atoms with E-state index >= 15 is 0 Å². The SMILES string of the molecule is CC(C)NC(=O)N1CCOc2ccc(COCc3ccccc3F)cc2C1. The number of nitrogens with one attached hydrogen (secondary N) is 1. The Kier molecular flexibility index (Phi) is 6.29. The number of halogens is 1. The molecule has 0 radical (unpaired) electrons. The molecular weight excluding hydrogens is 347 g/mol. The van der Waals surface area contributed by atoms with Crippen molar-refractivity contribution in [1.29, 1.82) is 0 Å². The summed E-state index contributed by atoms with van der Waals surface area (Å²) < 4.78 is 25.1. The van der Waals surface area contributed by atoms with E-state index < -0.39 is 0 Å². The number of fused-ring (bicyclic) bond motifs is 1. The van der Waals surface area contributed by atoms with Crippen LogP contribution in [0.3, 0.4) is 0 Å². The van der Waals surface area contributed by atoms with Crippen molar-refractivity contribution in [3.8, 4) is 5.75 Å². The highest BCUT2D eigenvalue weighted by Gasteiger charge is 2.20. The molecule has 0 aromatic heterocycles. The van der Waals surface area contributed by atoms with E-state index in [0.29, 0.717) is 31.9 Å². The Labute approximate surface area is 159 Å². The summed E-state index contributed by atoms with van der Waals surface area (Å²) in [6.07, 6.45) is 0. The third-order valence-corrected chi connectivity index (χ3v) is 4.29. The topological polar surface area (TPSA) is 50.8 Å². The first-order chi connectivity index (χ1) is 13.0. The summed E-state index contributed by atoms with van der Waals surface area (Å²) in [6, 6.07) is 12.4. The van der Waals surface area contributed by atoms with Gasteiger partial charge in [-0.1, -0.05) is 24.3 Å². The lowest BCUT2D eigenvalue weighted by atomic mass is 10.1. The molecule has 1 N–H and O–H groups in total. The van der Waals surface area contributed by atoms with Crippen LogP contribution in [0.5, 0.6) is 5.75 Å². The third-order valence-electron chi connectivity index (χ3n) is 4.29. The van der Waals surface area contributed by atoms with E-state index in [2.05, 4.69) is 5.32 Å². The Balaban J connectivity index is 1.64. The van der Waals surface area contributed by atoms with Crippen LogP contribution in [0.15, 0.2) is 42.5 Å². The normalized spacial score (nSPS) is 13.7. The van der Waals surface area contributed by atoms with Gasteiger partial charge in [0.05, 0.1) is 26.3 Å². The van der Waals surface area contributed by atoms with Gasteiger partial charge < -0.3 is 19.7 Å². The number of benzene rings is 2. The van der Waals surface area contributed by atoms with Crippen LogP contribution in [-0.2, 0) is 24.5 Å². The standard InChI is InChI=1S/C21H25FN2O3/c1-15(2)23-21(25)24-9-10-27-20-8-7-16(11-18(20)12-24)13-26-14-17-5-3-4-6-19(17)22/h3-8,11,15H,9-10,12-14H2,1-2H3,(H,23,25). The number of amides is 2. The minimum atomic E-state index is -0.264. The predicted molar refractivity (Wildman–Crippen MR) is 101 cm³/mol. The molecule has 0 bridgehead atoms. The van der Waals surface area contributed by atoms with Crippen LogP contribution in [0.4, 0.5) is 9.18 Å². The van der Waals surface area contributed by atoms with Crippen LogP contribution >= 0.6 is 0 Å². The highest BCUT2D eigenvalue weighted by Crippen LogP contribution is 2.25. The lowest BCUT2D eigenvalue weighted by Gasteiger charge is -2.22. The number of ether oxygens (including phenoxy) is 2. The zero-order valence-corrected chi connectivity index (χ0v) is 15.7. The molecular formula is C21H25FN2O3. The average Bonchev–Trinajstić information content (AvgIpc) is 2.85. The van der Waals surface area contributed by atoms with Crippen molar-refractivity contribution >= 4 is 6.03 Å². The van der Waals surface area contributed by atoms with Crippen molar-refractivity contribution in [3.05, 3.63) is 65.0 Å². The maximum atomic E-state index is 13.7. The van der Waals surface area contributed by atoms with Gasteiger partial charge in [-0.05, 0) is 37.6 Å². The van der Waals surface area contributed by atoms with Gasteiger partial charge in [0.25, 0.3) is 0 Å². The van der Waals surface area contributed by atoms with Gasteiger partial charge in [0, 0.05) is 17.2 Å². The van der Waals surface area contributed by atoms with E-state index in [4.69, 9.17) is 9.47 Å². The summed E-state index contributed by atoms with van der Waals surface area (Å²) in [5.74, 6) is 0.521. The van der Waals surface area contributed by atoms with Crippen LogP contribution in [0.1, 0.15) is 30.5 Å². The number of rotatable bonds is 5. The maximum Gasteiger partial charge on any atom is 0.318 e. The quantitative estimate of drug-likeness (QED) is 0.867. The first-order valence-corrected chi connectivity index (χ1v) is 9.14. The Hall–Kier alpha value is -2.60. The third kappa shape index (κ3) is 5.20. The van der Waals surface area contributed by atoms with Crippen LogP contribution < -0.4 is 10.1 Å². The molecule has 0 saturated heterocycles. The van der Waals surface area contributed by atoms with Crippen molar-refractivity contribution in [2.75, 3.05) is 13.2 Å². The van der Waals surface area contributed by atoms with Crippen molar-refractivity contribution in [3.63, 3.8) is 0 Å². The number of nitrogens with zero attached hydrogens (tertiary/aromatic N) is 1. The van der Waals surface area contributed by atoms with Crippen LogP contribution in [0, 0.1) is 5.82 Å². The van der Waals surface area contributed by atoms with Gasteiger partial charge in [-0.25, -0.2) is 9.18 Å². The van der Waals surface area contributed by atoms with E-state index in [9.17, 15) is 9.18 Å². The largest absolute Gasteiger partial charge is 0.491 e. The van der Waals surface area contributed by atoms with Crippen molar-refractivity contribution in [2.24, 2.45) is 0 Å². The number of hydrogen-bond donors (Lipinski definition) is 1. The molecule has 0 atom stereocenters. The molecule has 144 valence electrons. The van der Waals surface area contributed by atoms with E-state index in [1.807, 2.05) is 32.0 Å². The molecule has 0 aliphatic carbocycles. The summed E-state index contributed by atoms with van der Waals surface area (Å²) in [5.41, 5.74) is 2.44. The zero-order valence-electron chi connectivity index (χ0n) is 15.7. The maximum absolute atomic E-state index is 13.7. The minimum absolute atomic E-state index is 0.0826. The molecule has 1 heterocycles. The lowest BCUT2D eigenvalue weighted by molar-refractivity contribution is 0.105. The van der Waals surface area contributed by atoms with Crippen LogP contribution in [-0.4, -0.2) is 30.1 Å². The second kappa shape index (κ2) is 8.86. The van der Waals surface area contributed by atoms with Crippen molar-refractivity contribution in [1.82, 2.24) is 10.2 Å². The Morgan fingerprint density at radius 3 is 2.85 bits per heavy atom. The molecule has 3 rings (SSSR count). The number of urea groups is 1. The number of carbonyl (C=O) groups excluding carboxylic acids is 1. The highest BCUT2D eigenvalue weighted by atomic mass is 19.1. The summed E-state index contributed by atoms with van der Waals surface area (Å²) in [5, 5.41) is 2.91. The lowest BCUT2D eigenvalue weighted by Crippen LogP contribution is -2.43. The monoisotopic (exact) mass is 372 g/mol. The van der Waals surface area contributed by atoms with Crippen molar-refractivity contribution in [2.45, 2.75) is 39.6 Å². The minimum Gasteiger partial charge on any atom is -0.491 e. The number of hydrogen-bond acceptors (Lipinski definition) is 3. The zero-order chi connectivity index (χ0) is 19.2. The summed E-state index contributed by atoms with van der Waals surface area (Å²) >= 11 is 0. The smallest absolute Gasteiger partial charge is 0.318 e. The second-order valence-electron chi connectivity index (χ2n) is 6.90. The van der Waals surface area contributed by atoms with E-state index in [-0.39, 0.29) is 24.5 Å². The molecule has 0 spiro atoms. The molecule has 6 heteroatoms. The van der Waals surface area contributed by atoms with Crippen LogP contribution in [0.25, 0.3) is 0 Å². The molecule has 2 amide bonds. The summed E-state index contributed by atoms with van der Waals surface area (Å²) in [6.45, 7) is 5.92. The Morgan fingerprint density at radius 1 is 1.26 bits per heavy atom.